The average Bonchev–Trinajstić information content (AvgIpc) is 3.55. The number of carbonyl (C=O) groups is 1. The van der Waals surface area contributed by atoms with Crippen LogP contribution < -0.4 is 5.32 Å². The van der Waals surface area contributed by atoms with Gasteiger partial charge >= 0.3 is 5.97 Å². The molecule has 1 aliphatic carbocycles. The summed E-state index contributed by atoms with van der Waals surface area (Å²) in [6.07, 6.45) is 1.95. The molecule has 1 atom stereocenters. The highest BCUT2D eigenvalue weighted by Gasteiger charge is 2.29. The molecule has 0 unspecified atom stereocenters. The van der Waals surface area contributed by atoms with E-state index in [9.17, 15) is 18.3 Å². The van der Waals surface area contributed by atoms with Crippen LogP contribution in [0.4, 0.5) is 5.69 Å². The van der Waals surface area contributed by atoms with Crippen molar-refractivity contribution in [2.75, 3.05) is 12.4 Å². The molecule has 0 saturated heterocycles. The van der Waals surface area contributed by atoms with Crippen LogP contribution in [-0.4, -0.2) is 32.6 Å². The molecule has 168 valence electrons. The first-order valence-corrected chi connectivity index (χ1v) is 12.7. The fraction of sp³-hybridized carbons (Fsp3) is 0.435. The van der Waals surface area contributed by atoms with E-state index in [1.807, 2.05) is 6.92 Å². The van der Waals surface area contributed by atoms with Crippen LogP contribution >= 0.6 is 15.9 Å². The SMILES string of the molecule is COC(=O)c1cc(C2CC2)cc(CS(=O)(=O)c2cc(Br)ccc2N[C@@H](C)C(C)C)c1O. The van der Waals surface area contributed by atoms with Crippen molar-refractivity contribution in [1.82, 2.24) is 0 Å². The number of sulfone groups is 1. The van der Waals surface area contributed by atoms with E-state index in [4.69, 9.17) is 4.74 Å². The number of hydrogen-bond acceptors (Lipinski definition) is 6. The Balaban J connectivity index is 2.04. The number of hydrogen-bond donors (Lipinski definition) is 2. The van der Waals surface area contributed by atoms with E-state index >= 15 is 0 Å². The molecular formula is C23H28BrNO5S. The van der Waals surface area contributed by atoms with Gasteiger partial charge in [0.05, 0.1) is 23.4 Å². The summed E-state index contributed by atoms with van der Waals surface area (Å²) in [5.41, 5.74) is 1.56. The van der Waals surface area contributed by atoms with Crippen LogP contribution in [0.5, 0.6) is 5.75 Å². The van der Waals surface area contributed by atoms with Crippen LogP contribution in [0.1, 0.15) is 61.0 Å². The molecule has 1 fully saturated rings. The number of nitrogens with one attached hydrogen (secondary N) is 1. The minimum Gasteiger partial charge on any atom is -0.507 e. The molecule has 3 rings (SSSR count). The van der Waals surface area contributed by atoms with Crippen LogP contribution in [0.15, 0.2) is 39.7 Å². The number of ether oxygens (including phenoxy) is 1. The number of methoxy groups -OCH3 is 1. The first kappa shape index (κ1) is 23.6. The standard InChI is InChI=1S/C23H28BrNO5S/c1-13(2)14(3)25-20-8-7-18(24)11-21(20)31(28,29)12-17-9-16(15-5-6-15)10-19(22(17)26)23(27)30-4/h7-11,13-15,25-26H,5-6,12H2,1-4H3/t14-/m0/s1. The van der Waals surface area contributed by atoms with Gasteiger partial charge in [-0.25, -0.2) is 13.2 Å². The Morgan fingerprint density at radius 2 is 1.90 bits per heavy atom. The third-order valence-electron chi connectivity index (χ3n) is 5.67. The van der Waals surface area contributed by atoms with E-state index in [1.165, 1.54) is 7.11 Å². The zero-order chi connectivity index (χ0) is 22.9. The molecule has 2 aromatic carbocycles. The van der Waals surface area contributed by atoms with E-state index in [2.05, 4.69) is 35.1 Å². The normalized spacial score (nSPS) is 15.0. The Hall–Kier alpha value is -2.06. The molecule has 2 N–H and O–H groups in total. The largest absolute Gasteiger partial charge is 0.507 e. The number of rotatable bonds is 8. The zero-order valence-corrected chi connectivity index (χ0v) is 20.5. The lowest BCUT2D eigenvalue weighted by molar-refractivity contribution is 0.0597. The van der Waals surface area contributed by atoms with Gasteiger partial charge in [-0.05, 0) is 61.4 Å². The molecule has 31 heavy (non-hydrogen) atoms. The van der Waals surface area contributed by atoms with Gasteiger partial charge in [0.15, 0.2) is 9.84 Å². The van der Waals surface area contributed by atoms with Crippen LogP contribution in [0.25, 0.3) is 0 Å². The van der Waals surface area contributed by atoms with Gasteiger partial charge in [0.2, 0.25) is 0 Å². The monoisotopic (exact) mass is 509 g/mol. The highest BCUT2D eigenvalue weighted by atomic mass is 79.9. The summed E-state index contributed by atoms with van der Waals surface area (Å²) < 4.78 is 32.3. The predicted octanol–water partition coefficient (Wildman–Crippen LogP) is 5.25. The summed E-state index contributed by atoms with van der Waals surface area (Å²) in [6, 6.07) is 8.44. The Bertz CT molecular complexity index is 1090. The van der Waals surface area contributed by atoms with Crippen LogP contribution in [-0.2, 0) is 20.3 Å². The van der Waals surface area contributed by atoms with E-state index in [1.54, 1.807) is 30.3 Å². The van der Waals surface area contributed by atoms with Crippen molar-refractivity contribution in [2.24, 2.45) is 5.92 Å². The van der Waals surface area contributed by atoms with Crippen molar-refractivity contribution in [3.63, 3.8) is 0 Å². The lowest BCUT2D eigenvalue weighted by atomic mass is 10.0. The van der Waals surface area contributed by atoms with Crippen molar-refractivity contribution >= 4 is 37.4 Å². The topological polar surface area (TPSA) is 92.7 Å². The molecule has 1 saturated carbocycles. The van der Waals surface area contributed by atoms with E-state index in [0.29, 0.717) is 16.1 Å². The van der Waals surface area contributed by atoms with Gasteiger partial charge in [-0.15, -0.1) is 0 Å². The maximum atomic E-state index is 13.4. The highest BCUT2D eigenvalue weighted by molar-refractivity contribution is 9.10. The van der Waals surface area contributed by atoms with Crippen LogP contribution in [0, 0.1) is 5.92 Å². The Morgan fingerprint density at radius 1 is 1.23 bits per heavy atom. The van der Waals surface area contributed by atoms with Gasteiger partial charge in [0.25, 0.3) is 0 Å². The number of aromatic hydroxyl groups is 1. The molecule has 0 aromatic heterocycles. The summed E-state index contributed by atoms with van der Waals surface area (Å²) in [5, 5.41) is 14.0. The second-order valence-electron chi connectivity index (χ2n) is 8.42. The highest BCUT2D eigenvalue weighted by Crippen LogP contribution is 2.43. The van der Waals surface area contributed by atoms with Crippen LogP contribution in [0.2, 0.25) is 0 Å². The molecule has 1 aliphatic rings. The molecule has 0 bridgehead atoms. The Morgan fingerprint density at radius 3 is 2.48 bits per heavy atom. The quantitative estimate of drug-likeness (QED) is 0.472. The lowest BCUT2D eigenvalue weighted by Gasteiger charge is -2.21. The summed E-state index contributed by atoms with van der Waals surface area (Å²) >= 11 is 3.36. The Kier molecular flexibility index (Phi) is 7.01. The summed E-state index contributed by atoms with van der Waals surface area (Å²) in [6.45, 7) is 6.11. The molecular weight excluding hydrogens is 482 g/mol. The van der Waals surface area contributed by atoms with Crippen molar-refractivity contribution < 1.29 is 23.1 Å². The summed E-state index contributed by atoms with van der Waals surface area (Å²) in [5.74, 6) is -0.875. The van der Waals surface area contributed by atoms with Gasteiger partial charge in [-0.1, -0.05) is 35.8 Å². The first-order chi connectivity index (χ1) is 14.5. The molecule has 2 aromatic rings. The van der Waals surface area contributed by atoms with Crippen molar-refractivity contribution in [3.05, 3.63) is 51.5 Å². The van der Waals surface area contributed by atoms with Gasteiger partial charge in [0, 0.05) is 16.1 Å². The van der Waals surface area contributed by atoms with Gasteiger partial charge in [-0.3, -0.25) is 0 Å². The molecule has 0 heterocycles. The second-order valence-corrected chi connectivity index (χ2v) is 11.3. The predicted molar refractivity (Wildman–Crippen MR) is 124 cm³/mol. The molecule has 0 radical (unpaired) electrons. The van der Waals surface area contributed by atoms with Gasteiger partial charge in [-0.2, -0.15) is 0 Å². The Labute approximate surface area is 192 Å². The number of phenols is 1. The third kappa shape index (κ3) is 5.41. The van der Waals surface area contributed by atoms with Gasteiger partial charge < -0.3 is 15.2 Å². The first-order valence-electron chi connectivity index (χ1n) is 10.3. The number of phenolic OH excluding ortho intramolecular Hbond substituents is 1. The third-order valence-corrected chi connectivity index (χ3v) is 7.86. The lowest BCUT2D eigenvalue weighted by Crippen LogP contribution is -2.23. The smallest absolute Gasteiger partial charge is 0.341 e. The zero-order valence-electron chi connectivity index (χ0n) is 18.1. The van der Waals surface area contributed by atoms with Crippen molar-refractivity contribution in [2.45, 2.75) is 56.2 Å². The number of halogens is 1. The number of carbonyl (C=O) groups excluding carboxylic acids is 1. The maximum Gasteiger partial charge on any atom is 0.341 e. The minimum atomic E-state index is -3.84. The maximum absolute atomic E-state index is 13.4. The van der Waals surface area contributed by atoms with E-state index < -0.39 is 21.6 Å². The summed E-state index contributed by atoms with van der Waals surface area (Å²) in [7, 11) is -2.60. The fourth-order valence-corrected chi connectivity index (χ4v) is 5.38. The number of benzene rings is 2. The van der Waals surface area contributed by atoms with Crippen LogP contribution in [0.3, 0.4) is 0 Å². The average molecular weight is 510 g/mol. The molecule has 8 heteroatoms. The fourth-order valence-electron chi connectivity index (χ4n) is 3.31. The minimum absolute atomic E-state index is 0.00174. The van der Waals surface area contributed by atoms with Gasteiger partial charge in [0.1, 0.15) is 11.3 Å². The van der Waals surface area contributed by atoms with E-state index in [-0.39, 0.29) is 33.7 Å². The molecule has 0 spiro atoms. The van der Waals surface area contributed by atoms with Crippen molar-refractivity contribution in [3.8, 4) is 5.75 Å². The second kappa shape index (κ2) is 9.20. The number of anilines is 1. The summed E-state index contributed by atoms with van der Waals surface area (Å²) in [4.78, 5) is 12.3. The van der Waals surface area contributed by atoms with Crippen molar-refractivity contribution in [1.29, 1.82) is 0 Å². The van der Waals surface area contributed by atoms with E-state index in [0.717, 1.165) is 18.4 Å². The molecule has 0 amide bonds. The number of esters is 1. The molecule has 6 nitrogen and oxygen atoms in total. The molecule has 0 aliphatic heterocycles.